The maximum absolute atomic E-state index is 12.6. The maximum Gasteiger partial charge on any atom is 0.154 e. The Morgan fingerprint density at radius 1 is 0.291 bits per heavy atom. The van der Waals surface area contributed by atoms with Crippen LogP contribution in [0.2, 0.25) is 0 Å². The lowest BCUT2D eigenvalue weighted by molar-refractivity contribution is -0.187. The summed E-state index contributed by atoms with van der Waals surface area (Å²) in [6.07, 6.45) is 25.5. The van der Waals surface area contributed by atoms with Gasteiger partial charge in [-0.1, -0.05) is 174 Å². The van der Waals surface area contributed by atoms with E-state index < -0.39 is 23.3 Å². The van der Waals surface area contributed by atoms with Crippen LogP contribution in [0.3, 0.4) is 0 Å². The third-order valence-corrected chi connectivity index (χ3v) is 18.4. The van der Waals surface area contributed by atoms with Gasteiger partial charge in [0.05, 0.1) is 19.3 Å². The van der Waals surface area contributed by atoms with Gasteiger partial charge in [0.1, 0.15) is 40.7 Å². The zero-order chi connectivity index (χ0) is 77.9. The minimum atomic E-state index is -0.475. The summed E-state index contributed by atoms with van der Waals surface area (Å²) in [6, 6.07) is 30.7. The Morgan fingerprint density at radius 2 is 0.612 bits per heavy atom. The molecule has 12 rings (SSSR count). The van der Waals surface area contributed by atoms with Crippen LogP contribution in [0.25, 0.3) is 0 Å². The van der Waals surface area contributed by atoms with Crippen molar-refractivity contribution in [3.05, 3.63) is 257 Å². The maximum atomic E-state index is 12.6. The number of aryl methyl sites for hydroxylation is 13. The quantitative estimate of drug-likeness (QED) is 0.112. The van der Waals surface area contributed by atoms with Crippen molar-refractivity contribution < 1.29 is 40.6 Å². The number of aromatic nitrogens is 2. The molecule has 4 unspecified atom stereocenters. The van der Waals surface area contributed by atoms with Crippen LogP contribution in [-0.4, -0.2) is 42.2 Å². The molecule has 572 valence electrons. The van der Waals surface area contributed by atoms with Gasteiger partial charge in [-0.05, 0) is 299 Å². The second kappa shape index (κ2) is 52.3. The van der Waals surface area contributed by atoms with Gasteiger partial charge in [0.15, 0.2) is 6.29 Å². The first kappa shape index (κ1) is 94.4. The van der Waals surface area contributed by atoms with Crippen molar-refractivity contribution in [3.8, 4) is 0 Å². The molecular weight excluding hydrogens is 1300 g/mol. The van der Waals surface area contributed by atoms with Crippen molar-refractivity contribution in [2.45, 2.75) is 263 Å². The standard InChI is InChI=1S/C9H12.2C8H8F2.2C8H9F.C8H16.2C8H14.C8H10.C7H14O.C6H8N2.C6H12O2/c1-7-4-5-8(2)9(3)6-7;2*1-5-3-7(9)6(2)8(10)4-5;2*1-6-3-4-7(2)8(9)5-6;4*1-7-3-5-8(2)6-4-7;1-6-3-4-7(2)8-5-6;2*1-5-3-7-6(2)8-4-5/h4-6H,1-3H3;2*3-4H,1-2H3;2*3-5H,1-2H3;7-8H,3-6H2,1-2H3;2*3,8H,4-6H2,1-2H3;3-6H,1-2H3;6-7H,3-5H2,1-2H3;3-4H,1-2H3;5-6H,3-4H2,1-2H3. The molecule has 3 fully saturated rings. The fourth-order valence-electron chi connectivity index (χ4n) is 10.3. The topological polar surface area (TPSA) is 53.5 Å². The van der Waals surface area contributed by atoms with Gasteiger partial charge in [-0.2, -0.15) is 0 Å². The van der Waals surface area contributed by atoms with E-state index in [1.165, 1.54) is 155 Å². The average Bonchev–Trinajstić information content (AvgIpc) is 0.893. The van der Waals surface area contributed by atoms with Gasteiger partial charge >= 0.3 is 0 Å². The molecule has 0 radical (unpaired) electrons. The number of hydrogen-bond donors (Lipinski definition) is 0. The van der Waals surface area contributed by atoms with Crippen LogP contribution >= 0.6 is 0 Å². The number of allylic oxidation sites excluding steroid dienone is 4. The molecule has 5 nitrogen and oxygen atoms in total. The van der Waals surface area contributed by atoms with Crippen LogP contribution in [0.1, 0.15) is 230 Å². The molecule has 1 aromatic heterocycles. The van der Waals surface area contributed by atoms with E-state index in [2.05, 4.69) is 162 Å². The van der Waals surface area contributed by atoms with E-state index in [0.29, 0.717) is 34.3 Å². The predicted molar refractivity (Wildman–Crippen MR) is 426 cm³/mol. The summed E-state index contributed by atoms with van der Waals surface area (Å²) in [5.74, 6) is 4.00. The van der Waals surface area contributed by atoms with E-state index in [9.17, 15) is 26.3 Å². The smallest absolute Gasteiger partial charge is 0.154 e. The molecule has 7 aromatic rings. The monoisotopic (exact) mass is 1430 g/mol. The van der Waals surface area contributed by atoms with Gasteiger partial charge in [0, 0.05) is 36.0 Å². The number of halogens is 6. The lowest BCUT2D eigenvalue weighted by Gasteiger charge is -2.24. The van der Waals surface area contributed by atoms with Crippen molar-refractivity contribution in [2.24, 2.45) is 35.5 Å². The molecule has 2 aliphatic heterocycles. The van der Waals surface area contributed by atoms with Crippen LogP contribution in [0, 0.1) is 174 Å². The normalized spacial score (nSPS) is 19.8. The minimum absolute atomic E-state index is 0.0196. The highest BCUT2D eigenvalue weighted by Gasteiger charge is 2.16. The third kappa shape index (κ3) is 46.0. The first-order valence-electron chi connectivity index (χ1n) is 37.6. The molecule has 3 heterocycles. The summed E-state index contributed by atoms with van der Waals surface area (Å²) in [5.41, 5.74) is 15.8. The largest absolute Gasteiger partial charge is 0.378 e. The Balaban J connectivity index is 0.000000562. The van der Waals surface area contributed by atoms with Crippen molar-refractivity contribution >= 4 is 0 Å². The number of hydrogen-bond acceptors (Lipinski definition) is 5. The van der Waals surface area contributed by atoms with E-state index in [1.54, 1.807) is 51.0 Å². The van der Waals surface area contributed by atoms with Crippen molar-refractivity contribution in [1.29, 1.82) is 0 Å². The van der Waals surface area contributed by atoms with Gasteiger partial charge in [0.25, 0.3) is 0 Å². The van der Waals surface area contributed by atoms with Crippen LogP contribution in [-0.2, 0) is 14.2 Å². The van der Waals surface area contributed by atoms with E-state index in [-0.39, 0.29) is 29.1 Å². The summed E-state index contributed by atoms with van der Waals surface area (Å²) >= 11 is 0. The molecule has 4 atom stereocenters. The Kier molecular flexibility index (Phi) is 47.9. The molecule has 3 aliphatic carbocycles. The zero-order valence-electron chi connectivity index (χ0n) is 68.2. The molecule has 0 amide bonds. The van der Waals surface area contributed by atoms with Gasteiger partial charge in [-0.3, -0.25) is 0 Å². The molecule has 2 saturated heterocycles. The molecular formula is C92H134F6N2O3. The second-order valence-corrected chi connectivity index (χ2v) is 30.2. The Hall–Kier alpha value is -6.66. The molecule has 6 aromatic carbocycles. The molecule has 5 aliphatic rings. The fourth-order valence-corrected chi connectivity index (χ4v) is 10.3. The molecule has 0 N–H and O–H groups in total. The summed E-state index contributed by atoms with van der Waals surface area (Å²) < 4.78 is 91.3. The number of rotatable bonds is 0. The lowest BCUT2D eigenvalue weighted by Crippen LogP contribution is -2.27. The zero-order valence-corrected chi connectivity index (χ0v) is 68.2. The van der Waals surface area contributed by atoms with Gasteiger partial charge in [-0.15, -0.1) is 0 Å². The number of nitrogens with zero attached hydrogens (tertiary/aromatic N) is 2. The minimum Gasteiger partial charge on any atom is -0.378 e. The van der Waals surface area contributed by atoms with Crippen molar-refractivity contribution in [1.82, 2.24) is 9.97 Å². The van der Waals surface area contributed by atoms with E-state index >= 15 is 0 Å². The Morgan fingerprint density at radius 3 is 0.874 bits per heavy atom. The highest BCUT2D eigenvalue weighted by atomic mass is 19.2. The van der Waals surface area contributed by atoms with Crippen LogP contribution in [0.4, 0.5) is 26.3 Å². The van der Waals surface area contributed by atoms with Crippen molar-refractivity contribution in [3.63, 3.8) is 0 Å². The van der Waals surface area contributed by atoms with Gasteiger partial charge in [-0.25, -0.2) is 36.3 Å². The summed E-state index contributed by atoms with van der Waals surface area (Å²) in [4.78, 5) is 7.94. The molecule has 1 saturated carbocycles. The lowest BCUT2D eigenvalue weighted by atomic mass is 9.84. The summed E-state index contributed by atoms with van der Waals surface area (Å²) in [5, 5.41) is 0. The van der Waals surface area contributed by atoms with Crippen LogP contribution in [0.15, 0.2) is 139 Å². The third-order valence-electron chi connectivity index (χ3n) is 18.4. The number of ether oxygens (including phenoxy) is 3. The molecule has 11 heteroatoms. The predicted octanol–water partition coefficient (Wildman–Crippen LogP) is 27.2. The highest BCUT2D eigenvalue weighted by molar-refractivity contribution is 5.29. The van der Waals surface area contributed by atoms with Crippen LogP contribution in [0.5, 0.6) is 0 Å². The molecule has 0 bridgehead atoms. The van der Waals surface area contributed by atoms with E-state index in [1.807, 2.05) is 59.1 Å². The Bertz CT molecular complexity index is 3090. The fraction of sp³-hybridized carbons (Fsp3) is 0.522. The first-order chi connectivity index (χ1) is 48.3. The highest BCUT2D eigenvalue weighted by Crippen LogP contribution is 2.28. The SMILES string of the molecule is CC1=CCC(C)CC1.CC1=CCC(C)CC1.CC1CCC(C)CC1.CC1CCC(C)OC1.CC1COC(C)OC1.Cc1cc(F)c(C)c(F)c1.Cc1cc(F)c(C)c(F)c1.Cc1ccc(C)c(C)c1.Cc1ccc(C)c(F)c1.Cc1ccc(C)c(F)c1.Cc1ccc(C)cc1.Cc1cnc(C)nc1. The van der Waals surface area contributed by atoms with E-state index in [0.717, 1.165) is 71.9 Å². The first-order valence-corrected chi connectivity index (χ1v) is 37.6. The molecule has 103 heavy (non-hydrogen) atoms. The van der Waals surface area contributed by atoms with Crippen molar-refractivity contribution in [2.75, 3.05) is 19.8 Å². The second-order valence-electron chi connectivity index (χ2n) is 30.2. The Labute approximate surface area is 622 Å². The van der Waals surface area contributed by atoms with Gasteiger partial charge < -0.3 is 14.2 Å². The summed E-state index contributed by atoms with van der Waals surface area (Å²) in [6.45, 7) is 52.8. The van der Waals surface area contributed by atoms with Crippen LogP contribution < -0.4 is 0 Å². The van der Waals surface area contributed by atoms with Gasteiger partial charge in [0.2, 0.25) is 0 Å². The average molecular weight is 1430 g/mol. The van der Waals surface area contributed by atoms with E-state index in [4.69, 9.17) is 14.2 Å². The summed E-state index contributed by atoms with van der Waals surface area (Å²) in [7, 11) is 0. The number of benzene rings is 6. The molecule has 0 spiro atoms.